The fraction of sp³-hybridized carbons (Fsp3) is 0.500. The first-order valence-electron chi connectivity index (χ1n) is 6.93. The summed E-state index contributed by atoms with van der Waals surface area (Å²) in [5.41, 5.74) is 0.463. The van der Waals surface area contributed by atoms with E-state index in [4.69, 9.17) is 10.00 Å². The van der Waals surface area contributed by atoms with Crippen LogP contribution in [0.4, 0.5) is 4.79 Å². The Bertz CT molecular complexity index is 488. The number of aliphatic hydroxyl groups excluding tert-OH is 1. The van der Waals surface area contributed by atoms with Crippen LogP contribution in [0.15, 0.2) is 30.3 Å². The number of hydrogen-bond donors (Lipinski definition) is 2. The fourth-order valence-corrected chi connectivity index (χ4v) is 1.82. The molecule has 0 fully saturated rings. The molecule has 0 spiro atoms. The van der Waals surface area contributed by atoms with Gasteiger partial charge in [-0.15, -0.1) is 0 Å². The highest BCUT2D eigenvalue weighted by molar-refractivity contribution is 5.68. The number of ether oxygens (including phenoxy) is 1. The number of carbonyl (C=O) groups excluding carboxylic acids is 1. The van der Waals surface area contributed by atoms with Crippen molar-refractivity contribution in [3.05, 3.63) is 35.9 Å². The summed E-state index contributed by atoms with van der Waals surface area (Å²) in [6.07, 6.45) is -0.783. The Morgan fingerprint density at radius 1 is 1.38 bits per heavy atom. The van der Waals surface area contributed by atoms with E-state index in [1.807, 2.05) is 30.3 Å². The number of benzene rings is 1. The zero-order chi connectivity index (χ0) is 15.9. The van der Waals surface area contributed by atoms with E-state index in [1.165, 1.54) is 0 Å². The van der Waals surface area contributed by atoms with E-state index < -0.39 is 23.8 Å². The van der Waals surface area contributed by atoms with Crippen LogP contribution in [0.5, 0.6) is 0 Å². The van der Waals surface area contributed by atoms with Crippen molar-refractivity contribution in [2.75, 3.05) is 0 Å². The summed E-state index contributed by atoms with van der Waals surface area (Å²) in [7, 11) is 0. The molecular weight excluding hydrogens is 268 g/mol. The molecule has 0 bridgehead atoms. The van der Waals surface area contributed by atoms with Crippen LogP contribution in [0.25, 0.3) is 0 Å². The average molecular weight is 290 g/mol. The van der Waals surface area contributed by atoms with Crippen LogP contribution in [0.3, 0.4) is 0 Å². The fourth-order valence-electron chi connectivity index (χ4n) is 1.82. The van der Waals surface area contributed by atoms with Gasteiger partial charge in [0.05, 0.1) is 12.1 Å². The van der Waals surface area contributed by atoms with Gasteiger partial charge in [-0.2, -0.15) is 5.26 Å². The van der Waals surface area contributed by atoms with Crippen molar-refractivity contribution in [3.63, 3.8) is 0 Å². The Kier molecular flexibility index (Phi) is 6.19. The minimum absolute atomic E-state index is 0.456. The van der Waals surface area contributed by atoms with Gasteiger partial charge in [-0.1, -0.05) is 30.3 Å². The van der Waals surface area contributed by atoms with Crippen LogP contribution in [0.2, 0.25) is 0 Å². The maximum atomic E-state index is 11.7. The number of nitriles is 1. The molecule has 21 heavy (non-hydrogen) atoms. The predicted molar refractivity (Wildman–Crippen MR) is 79.5 cm³/mol. The quantitative estimate of drug-likeness (QED) is 0.816. The largest absolute Gasteiger partial charge is 0.444 e. The summed E-state index contributed by atoms with van der Waals surface area (Å²) in [6.45, 7) is 5.27. The molecule has 1 aromatic carbocycles. The number of hydrogen-bond acceptors (Lipinski definition) is 4. The van der Waals surface area contributed by atoms with E-state index in [1.54, 1.807) is 26.8 Å². The average Bonchev–Trinajstić information content (AvgIpc) is 2.41. The molecule has 2 atom stereocenters. The van der Waals surface area contributed by atoms with Crippen molar-refractivity contribution >= 4 is 6.09 Å². The van der Waals surface area contributed by atoms with Gasteiger partial charge >= 0.3 is 6.09 Å². The summed E-state index contributed by atoms with van der Waals surface area (Å²) >= 11 is 0. The number of alkyl carbamates (subject to hydrolysis) is 1. The second-order valence-corrected chi connectivity index (χ2v) is 5.85. The summed E-state index contributed by atoms with van der Waals surface area (Å²) in [5.74, 6) is 0. The van der Waals surface area contributed by atoms with Gasteiger partial charge in [0.15, 0.2) is 6.10 Å². The first-order chi connectivity index (χ1) is 9.81. The van der Waals surface area contributed by atoms with Gasteiger partial charge in [0.2, 0.25) is 0 Å². The Hall–Kier alpha value is -2.06. The SMILES string of the molecule is CC(C)(C)OC(=O)N[C@H](CCc1ccccc1)[C@@H](O)C#N. The van der Waals surface area contributed by atoms with E-state index in [9.17, 15) is 9.90 Å². The summed E-state index contributed by atoms with van der Waals surface area (Å²) in [5, 5.41) is 21.1. The number of rotatable bonds is 5. The van der Waals surface area contributed by atoms with Gasteiger partial charge in [0.1, 0.15) is 5.60 Å². The van der Waals surface area contributed by atoms with Gasteiger partial charge in [0.25, 0.3) is 0 Å². The number of aliphatic hydroxyl groups is 1. The lowest BCUT2D eigenvalue weighted by Crippen LogP contribution is -2.45. The van der Waals surface area contributed by atoms with Crippen molar-refractivity contribution in [1.82, 2.24) is 5.32 Å². The van der Waals surface area contributed by atoms with E-state index in [0.29, 0.717) is 12.8 Å². The third-order valence-corrected chi connectivity index (χ3v) is 2.80. The first kappa shape index (κ1) is 17.0. The highest BCUT2D eigenvalue weighted by Gasteiger charge is 2.24. The number of nitrogens with one attached hydrogen (secondary N) is 1. The normalized spacial score (nSPS) is 13.9. The van der Waals surface area contributed by atoms with Crippen LogP contribution >= 0.6 is 0 Å². The lowest BCUT2D eigenvalue weighted by atomic mass is 10.0. The number of carbonyl (C=O) groups is 1. The minimum atomic E-state index is -1.26. The lowest BCUT2D eigenvalue weighted by molar-refractivity contribution is 0.0454. The maximum Gasteiger partial charge on any atom is 0.407 e. The van der Waals surface area contributed by atoms with E-state index in [2.05, 4.69) is 5.32 Å². The van der Waals surface area contributed by atoms with E-state index in [-0.39, 0.29) is 0 Å². The van der Waals surface area contributed by atoms with E-state index >= 15 is 0 Å². The molecule has 0 radical (unpaired) electrons. The topological polar surface area (TPSA) is 82.3 Å². The summed E-state index contributed by atoms with van der Waals surface area (Å²) in [6, 6.07) is 10.8. The third-order valence-electron chi connectivity index (χ3n) is 2.80. The molecule has 0 saturated carbocycles. The Morgan fingerprint density at radius 2 is 2.00 bits per heavy atom. The lowest BCUT2D eigenvalue weighted by Gasteiger charge is -2.24. The molecule has 0 aliphatic rings. The van der Waals surface area contributed by atoms with Gasteiger partial charge in [-0.05, 0) is 39.2 Å². The van der Waals surface area contributed by atoms with Gasteiger partial charge < -0.3 is 15.2 Å². The molecule has 5 heteroatoms. The number of aryl methyl sites for hydroxylation is 1. The standard InChI is InChI=1S/C16H22N2O3/c1-16(2,3)21-15(20)18-13(14(19)11-17)10-9-12-7-5-4-6-8-12/h4-8,13-14,19H,9-10H2,1-3H3,(H,18,20)/t13-,14+/m1/s1. The Labute approximate surface area is 125 Å². The van der Waals surface area contributed by atoms with Gasteiger partial charge in [0, 0.05) is 0 Å². The Morgan fingerprint density at radius 3 is 2.52 bits per heavy atom. The van der Waals surface area contributed by atoms with Crippen molar-refractivity contribution in [2.45, 2.75) is 51.4 Å². The van der Waals surface area contributed by atoms with Crippen molar-refractivity contribution in [2.24, 2.45) is 0 Å². The highest BCUT2D eigenvalue weighted by atomic mass is 16.6. The summed E-state index contributed by atoms with van der Waals surface area (Å²) < 4.78 is 5.14. The molecule has 0 aliphatic heterocycles. The monoisotopic (exact) mass is 290 g/mol. The number of nitrogens with zero attached hydrogens (tertiary/aromatic N) is 1. The van der Waals surface area contributed by atoms with Gasteiger partial charge in [-0.3, -0.25) is 0 Å². The molecule has 0 unspecified atom stereocenters. The molecule has 2 N–H and O–H groups in total. The highest BCUT2D eigenvalue weighted by Crippen LogP contribution is 2.10. The molecular formula is C16H22N2O3. The van der Waals surface area contributed by atoms with Crippen molar-refractivity contribution in [1.29, 1.82) is 5.26 Å². The third kappa shape index (κ3) is 6.77. The molecule has 0 heterocycles. The molecule has 5 nitrogen and oxygen atoms in total. The van der Waals surface area contributed by atoms with Gasteiger partial charge in [-0.25, -0.2) is 4.79 Å². The van der Waals surface area contributed by atoms with Crippen molar-refractivity contribution < 1.29 is 14.6 Å². The zero-order valence-electron chi connectivity index (χ0n) is 12.7. The van der Waals surface area contributed by atoms with Crippen LogP contribution in [-0.4, -0.2) is 28.9 Å². The minimum Gasteiger partial charge on any atom is -0.444 e. The summed E-state index contributed by atoms with van der Waals surface area (Å²) in [4.78, 5) is 11.7. The van der Waals surface area contributed by atoms with Crippen LogP contribution in [-0.2, 0) is 11.2 Å². The molecule has 0 aromatic heterocycles. The van der Waals surface area contributed by atoms with Crippen LogP contribution in [0.1, 0.15) is 32.8 Å². The maximum absolute atomic E-state index is 11.7. The second kappa shape index (κ2) is 7.65. The smallest absolute Gasteiger partial charge is 0.407 e. The second-order valence-electron chi connectivity index (χ2n) is 5.85. The van der Waals surface area contributed by atoms with Crippen LogP contribution in [0, 0.1) is 11.3 Å². The molecule has 1 rings (SSSR count). The Balaban J connectivity index is 2.60. The molecule has 0 aliphatic carbocycles. The van der Waals surface area contributed by atoms with Crippen molar-refractivity contribution in [3.8, 4) is 6.07 Å². The molecule has 0 saturated heterocycles. The predicted octanol–water partition coefficient (Wildman–Crippen LogP) is 2.40. The number of amides is 1. The first-order valence-corrected chi connectivity index (χ1v) is 6.93. The zero-order valence-corrected chi connectivity index (χ0v) is 12.7. The molecule has 114 valence electrons. The van der Waals surface area contributed by atoms with E-state index in [0.717, 1.165) is 5.56 Å². The van der Waals surface area contributed by atoms with Crippen LogP contribution < -0.4 is 5.32 Å². The molecule has 1 aromatic rings. The molecule has 1 amide bonds.